The Morgan fingerprint density at radius 3 is 2.55 bits per heavy atom. The van der Waals surface area contributed by atoms with Crippen molar-refractivity contribution in [1.82, 2.24) is 20.2 Å². The van der Waals surface area contributed by atoms with Crippen molar-refractivity contribution in [2.24, 2.45) is 0 Å². The Hall–Kier alpha value is -3.60. The highest BCUT2D eigenvalue weighted by Crippen LogP contribution is 2.19. The van der Waals surface area contributed by atoms with Gasteiger partial charge in [0.05, 0.1) is 19.7 Å². The zero-order chi connectivity index (χ0) is 21.4. The number of H-pyrrole nitrogens is 1. The molecule has 0 fully saturated rings. The maximum absolute atomic E-state index is 12.5. The van der Waals surface area contributed by atoms with Crippen molar-refractivity contribution >= 4 is 23.4 Å². The lowest BCUT2D eigenvalue weighted by Gasteiger charge is -2.25. The summed E-state index contributed by atoms with van der Waals surface area (Å²) in [5.74, 6) is -0.742. The predicted molar refractivity (Wildman–Crippen MR) is 108 cm³/mol. The first-order valence-corrected chi connectivity index (χ1v) is 8.79. The van der Waals surface area contributed by atoms with E-state index in [-0.39, 0.29) is 37.7 Å². The highest BCUT2D eigenvalue weighted by molar-refractivity contribution is 5.96. The number of nitrogen functional groups attached to an aromatic ring is 1. The van der Waals surface area contributed by atoms with Gasteiger partial charge in [0.1, 0.15) is 11.5 Å². The third kappa shape index (κ3) is 5.69. The van der Waals surface area contributed by atoms with Crippen LogP contribution in [0.4, 0.5) is 16.3 Å². The molecule has 2 aromatic rings. The Morgan fingerprint density at radius 2 is 1.93 bits per heavy atom. The normalized spacial score (nSPS) is 10.4. The number of methoxy groups -OCH3 is 1. The van der Waals surface area contributed by atoms with Crippen molar-refractivity contribution in [3.05, 3.63) is 56.7 Å². The molecule has 0 atom stereocenters. The second kappa shape index (κ2) is 10.1. The quantitative estimate of drug-likeness (QED) is 0.451. The fourth-order valence-corrected chi connectivity index (χ4v) is 2.71. The van der Waals surface area contributed by atoms with Crippen molar-refractivity contribution in [3.63, 3.8) is 0 Å². The fourth-order valence-electron chi connectivity index (χ4n) is 2.71. The molecule has 156 valence electrons. The van der Waals surface area contributed by atoms with Gasteiger partial charge >= 0.3 is 11.7 Å². The molecule has 1 aromatic carbocycles. The lowest BCUT2D eigenvalue weighted by Crippen LogP contribution is -2.46. The monoisotopic (exact) mass is 404 g/mol. The summed E-state index contributed by atoms with van der Waals surface area (Å²) >= 11 is 0. The number of nitrogens with two attached hydrogens (primary N) is 1. The van der Waals surface area contributed by atoms with E-state index in [2.05, 4.69) is 15.6 Å². The SMILES string of the molecule is CNC(=O)NC(=O)CN(Cc1ccccc1)c1c(N)n(CCOC)c(=O)[nH]c1=O. The molecule has 0 saturated heterocycles. The number of nitrogens with one attached hydrogen (secondary N) is 3. The van der Waals surface area contributed by atoms with E-state index in [9.17, 15) is 19.2 Å². The van der Waals surface area contributed by atoms with Crippen LogP contribution in [0.3, 0.4) is 0 Å². The highest BCUT2D eigenvalue weighted by atomic mass is 16.5. The van der Waals surface area contributed by atoms with Crippen LogP contribution >= 0.6 is 0 Å². The summed E-state index contributed by atoms with van der Waals surface area (Å²) in [6.45, 7) is 0.135. The van der Waals surface area contributed by atoms with E-state index in [4.69, 9.17) is 10.5 Å². The molecule has 0 aliphatic heterocycles. The molecule has 11 nitrogen and oxygen atoms in total. The van der Waals surface area contributed by atoms with Gasteiger partial charge in [-0.1, -0.05) is 30.3 Å². The molecule has 0 spiro atoms. The number of hydrogen-bond acceptors (Lipinski definition) is 7. The van der Waals surface area contributed by atoms with Gasteiger partial charge in [-0.3, -0.25) is 24.5 Å². The van der Waals surface area contributed by atoms with E-state index >= 15 is 0 Å². The van der Waals surface area contributed by atoms with Gasteiger partial charge in [-0.15, -0.1) is 0 Å². The molecule has 0 bridgehead atoms. The van der Waals surface area contributed by atoms with Crippen LogP contribution < -0.4 is 32.5 Å². The Bertz CT molecular complexity index is 969. The lowest BCUT2D eigenvalue weighted by molar-refractivity contribution is -0.118. The highest BCUT2D eigenvalue weighted by Gasteiger charge is 2.22. The maximum Gasteiger partial charge on any atom is 0.330 e. The largest absolute Gasteiger partial charge is 0.383 e. The topological polar surface area (TPSA) is 152 Å². The minimum Gasteiger partial charge on any atom is -0.383 e. The van der Waals surface area contributed by atoms with E-state index in [1.807, 2.05) is 30.3 Å². The number of hydrogen-bond donors (Lipinski definition) is 4. The Labute approximate surface area is 166 Å². The molecular weight excluding hydrogens is 380 g/mol. The zero-order valence-electron chi connectivity index (χ0n) is 16.2. The number of aromatic amines is 1. The molecule has 11 heteroatoms. The van der Waals surface area contributed by atoms with E-state index in [1.165, 1.54) is 19.1 Å². The van der Waals surface area contributed by atoms with Gasteiger partial charge in [0.2, 0.25) is 5.91 Å². The third-order valence-electron chi connectivity index (χ3n) is 4.08. The first kappa shape index (κ1) is 21.7. The van der Waals surface area contributed by atoms with Crippen molar-refractivity contribution in [2.75, 3.05) is 37.9 Å². The van der Waals surface area contributed by atoms with Crippen LogP contribution in [-0.4, -0.2) is 48.8 Å². The number of rotatable bonds is 8. The van der Waals surface area contributed by atoms with Gasteiger partial charge in [0.25, 0.3) is 5.56 Å². The minimum atomic E-state index is -0.732. The number of urea groups is 1. The number of aromatic nitrogens is 2. The van der Waals surface area contributed by atoms with Gasteiger partial charge in [0, 0.05) is 20.7 Å². The second-order valence-corrected chi connectivity index (χ2v) is 6.11. The van der Waals surface area contributed by atoms with Crippen LogP contribution in [0.5, 0.6) is 0 Å². The molecule has 1 heterocycles. The van der Waals surface area contributed by atoms with Gasteiger partial charge in [-0.25, -0.2) is 9.59 Å². The average Bonchev–Trinajstić information content (AvgIpc) is 2.68. The summed E-state index contributed by atoms with van der Waals surface area (Å²) in [7, 11) is 2.84. The molecule has 0 aliphatic rings. The lowest BCUT2D eigenvalue weighted by atomic mass is 10.2. The Balaban J connectivity index is 2.46. The van der Waals surface area contributed by atoms with Crippen molar-refractivity contribution < 1.29 is 14.3 Å². The van der Waals surface area contributed by atoms with Crippen LogP contribution in [0.25, 0.3) is 0 Å². The molecule has 5 N–H and O–H groups in total. The van der Waals surface area contributed by atoms with E-state index in [1.54, 1.807) is 0 Å². The van der Waals surface area contributed by atoms with Gasteiger partial charge in [0.15, 0.2) is 0 Å². The Kier molecular flexibility index (Phi) is 7.54. The molecule has 0 radical (unpaired) electrons. The standard InChI is InChI=1S/C18H24N6O5/c1-20-17(27)21-13(25)11-23(10-12-6-4-3-5-7-12)14-15(19)24(8-9-29-2)18(28)22-16(14)26/h3-7H,8-11,19H2,1-2H3,(H,22,26,28)(H2,20,21,25,27). The van der Waals surface area contributed by atoms with Crippen LogP contribution in [0.2, 0.25) is 0 Å². The average molecular weight is 404 g/mol. The maximum atomic E-state index is 12.5. The Morgan fingerprint density at radius 1 is 1.24 bits per heavy atom. The molecule has 29 heavy (non-hydrogen) atoms. The van der Waals surface area contributed by atoms with Gasteiger partial charge in [-0.2, -0.15) is 0 Å². The van der Waals surface area contributed by atoms with Crippen molar-refractivity contribution in [3.8, 4) is 0 Å². The predicted octanol–water partition coefficient (Wildman–Crippen LogP) is -0.773. The number of anilines is 2. The number of nitrogens with zero attached hydrogens (tertiary/aromatic N) is 2. The molecule has 2 rings (SSSR count). The molecule has 0 unspecified atom stereocenters. The summed E-state index contributed by atoms with van der Waals surface area (Å²) < 4.78 is 6.13. The molecule has 3 amide bonds. The van der Waals surface area contributed by atoms with Crippen LogP contribution in [0.1, 0.15) is 5.56 Å². The fraction of sp³-hybridized carbons (Fsp3) is 0.333. The zero-order valence-corrected chi connectivity index (χ0v) is 16.2. The van der Waals surface area contributed by atoms with E-state index < -0.39 is 23.2 Å². The number of carbonyl (C=O) groups is 2. The summed E-state index contributed by atoms with van der Waals surface area (Å²) in [6, 6.07) is 8.40. The number of imide groups is 1. The van der Waals surface area contributed by atoms with Crippen molar-refractivity contribution in [1.29, 1.82) is 0 Å². The van der Waals surface area contributed by atoms with Gasteiger partial charge in [-0.05, 0) is 5.56 Å². The first-order chi connectivity index (χ1) is 13.9. The molecular formula is C18H24N6O5. The van der Waals surface area contributed by atoms with E-state index in [0.717, 1.165) is 10.1 Å². The molecule has 0 aliphatic carbocycles. The number of amides is 3. The van der Waals surface area contributed by atoms with Crippen LogP contribution in [0, 0.1) is 0 Å². The van der Waals surface area contributed by atoms with E-state index in [0.29, 0.717) is 0 Å². The van der Waals surface area contributed by atoms with Crippen LogP contribution in [-0.2, 0) is 22.6 Å². The number of carbonyl (C=O) groups excluding carboxylic acids is 2. The summed E-state index contributed by atoms with van der Waals surface area (Å²) in [4.78, 5) is 52.0. The smallest absolute Gasteiger partial charge is 0.330 e. The van der Waals surface area contributed by atoms with Gasteiger partial charge < -0.3 is 20.7 Å². The number of benzene rings is 1. The summed E-state index contributed by atoms with van der Waals surface area (Å²) in [6.07, 6.45) is 0. The second-order valence-electron chi connectivity index (χ2n) is 6.11. The minimum absolute atomic E-state index is 0.0448. The summed E-state index contributed by atoms with van der Waals surface area (Å²) in [5.41, 5.74) is 5.46. The molecule has 1 aromatic heterocycles. The van der Waals surface area contributed by atoms with Crippen LogP contribution in [0.15, 0.2) is 39.9 Å². The van der Waals surface area contributed by atoms with Crippen molar-refractivity contribution in [2.45, 2.75) is 13.1 Å². The number of ether oxygens (including phenoxy) is 1. The third-order valence-corrected chi connectivity index (χ3v) is 4.08. The first-order valence-electron chi connectivity index (χ1n) is 8.79. The summed E-state index contributed by atoms with van der Waals surface area (Å²) in [5, 5.41) is 4.42. The molecule has 0 saturated carbocycles.